The van der Waals surface area contributed by atoms with E-state index in [0.29, 0.717) is 17.6 Å². The minimum atomic E-state index is -0.0138. The van der Waals surface area contributed by atoms with E-state index in [4.69, 9.17) is 19.7 Å². The van der Waals surface area contributed by atoms with Gasteiger partial charge in [0.05, 0.1) is 11.0 Å². The lowest BCUT2D eigenvalue weighted by Gasteiger charge is -2.13. The molecule has 2 aliphatic rings. The van der Waals surface area contributed by atoms with Crippen molar-refractivity contribution in [1.82, 2.24) is 19.5 Å². The van der Waals surface area contributed by atoms with Crippen LogP contribution in [0.1, 0.15) is 11.5 Å². The Hall–Kier alpha value is -7.15. The van der Waals surface area contributed by atoms with E-state index < -0.39 is 0 Å². The quantitative estimate of drug-likeness (QED) is 0.169. The molecular formula is C51H30N4OS. The largest absolute Gasteiger partial charge is 0.485 e. The molecule has 8 aromatic carbocycles. The molecule has 5 nitrogen and oxygen atoms in total. The van der Waals surface area contributed by atoms with Crippen LogP contribution < -0.4 is 4.74 Å². The van der Waals surface area contributed by atoms with Gasteiger partial charge in [0.15, 0.2) is 11.6 Å². The van der Waals surface area contributed by atoms with E-state index in [1.165, 1.54) is 58.1 Å². The van der Waals surface area contributed by atoms with Gasteiger partial charge < -0.3 is 4.74 Å². The first-order chi connectivity index (χ1) is 28.2. The number of fused-ring (bicyclic) bond motifs is 15. The second kappa shape index (κ2) is 11.7. The van der Waals surface area contributed by atoms with Crippen LogP contribution in [0.3, 0.4) is 0 Å². The van der Waals surface area contributed by atoms with E-state index >= 15 is 0 Å². The van der Waals surface area contributed by atoms with Gasteiger partial charge in [-0.25, -0.2) is 4.98 Å². The molecule has 0 radical (unpaired) electrons. The summed E-state index contributed by atoms with van der Waals surface area (Å²) in [6, 6.07) is 52.2. The van der Waals surface area contributed by atoms with Gasteiger partial charge in [-0.1, -0.05) is 127 Å². The minimum Gasteiger partial charge on any atom is -0.485 e. The van der Waals surface area contributed by atoms with E-state index in [1.54, 1.807) is 0 Å². The van der Waals surface area contributed by atoms with E-state index in [0.717, 1.165) is 38.7 Å². The van der Waals surface area contributed by atoms with Crippen LogP contribution in [0.5, 0.6) is 5.75 Å². The second-order valence-corrected chi connectivity index (χ2v) is 16.2. The molecule has 3 aromatic heterocycles. The summed E-state index contributed by atoms with van der Waals surface area (Å²) in [4.78, 5) is 15.9. The molecule has 13 rings (SSSR count). The van der Waals surface area contributed by atoms with Gasteiger partial charge in [-0.05, 0) is 68.7 Å². The van der Waals surface area contributed by atoms with Gasteiger partial charge in [0.1, 0.15) is 11.9 Å². The maximum atomic E-state index is 6.62. The molecule has 0 saturated carbocycles. The highest BCUT2D eigenvalue weighted by Crippen LogP contribution is 2.47. The highest BCUT2D eigenvalue weighted by atomic mass is 32.1. The Morgan fingerprint density at radius 2 is 1.09 bits per heavy atom. The lowest BCUT2D eigenvalue weighted by Crippen LogP contribution is -2.15. The van der Waals surface area contributed by atoms with Crippen LogP contribution in [-0.2, 0) is 0 Å². The summed E-state index contributed by atoms with van der Waals surface area (Å²) in [5.74, 6) is 2.88. The zero-order valence-corrected chi connectivity index (χ0v) is 31.2. The molecule has 0 bridgehead atoms. The fourth-order valence-corrected chi connectivity index (χ4v) is 10.5. The van der Waals surface area contributed by atoms with Crippen LogP contribution in [0.2, 0.25) is 0 Å². The predicted molar refractivity (Wildman–Crippen MR) is 236 cm³/mol. The molecule has 0 amide bonds. The number of rotatable bonds is 3. The van der Waals surface area contributed by atoms with Gasteiger partial charge in [0.25, 0.3) is 0 Å². The smallest absolute Gasteiger partial charge is 0.238 e. The van der Waals surface area contributed by atoms with Crippen molar-refractivity contribution in [2.24, 2.45) is 0 Å². The second-order valence-electron chi connectivity index (χ2n) is 15.1. The molecule has 0 fully saturated rings. The lowest BCUT2D eigenvalue weighted by atomic mass is 9.91. The highest BCUT2D eigenvalue weighted by Gasteiger charge is 2.33. The third kappa shape index (κ3) is 4.53. The Balaban J connectivity index is 1.12. The summed E-state index contributed by atoms with van der Waals surface area (Å²) >= 11 is 1.84. The number of hydrogen-bond donors (Lipinski definition) is 0. The zero-order chi connectivity index (χ0) is 37.2. The molecule has 0 N–H and O–H groups in total. The third-order valence-electron chi connectivity index (χ3n) is 12.0. The van der Waals surface area contributed by atoms with Crippen LogP contribution in [-0.4, -0.2) is 25.6 Å². The zero-order valence-electron chi connectivity index (χ0n) is 30.4. The number of aromatic nitrogens is 4. The van der Waals surface area contributed by atoms with Crippen LogP contribution >= 0.6 is 11.3 Å². The average molecular weight is 747 g/mol. The van der Waals surface area contributed by atoms with Crippen molar-refractivity contribution in [2.75, 3.05) is 0 Å². The first-order valence-electron chi connectivity index (χ1n) is 19.3. The summed E-state index contributed by atoms with van der Waals surface area (Å²) in [5, 5.41) is 12.1. The Morgan fingerprint density at radius 3 is 1.88 bits per heavy atom. The summed E-state index contributed by atoms with van der Waals surface area (Å²) < 4.78 is 11.4. The highest BCUT2D eigenvalue weighted by molar-refractivity contribution is 7.25. The molecule has 6 heteroatoms. The fourth-order valence-electron chi connectivity index (χ4n) is 9.34. The molecule has 0 spiro atoms. The Kier molecular flexibility index (Phi) is 6.37. The van der Waals surface area contributed by atoms with Gasteiger partial charge in [-0.3, -0.25) is 4.57 Å². The van der Waals surface area contributed by atoms with Gasteiger partial charge in [-0.15, -0.1) is 11.3 Å². The Morgan fingerprint density at radius 1 is 0.456 bits per heavy atom. The normalized spacial score (nSPS) is 16.1. The van der Waals surface area contributed by atoms with E-state index in [2.05, 4.69) is 156 Å². The molecular weight excluding hydrogens is 717 g/mol. The number of thiophene rings is 1. The number of benzene rings is 8. The van der Waals surface area contributed by atoms with Crippen LogP contribution in [0.25, 0.3) is 103 Å². The van der Waals surface area contributed by atoms with Crippen LogP contribution in [0.15, 0.2) is 170 Å². The minimum absolute atomic E-state index is 0.0138. The molecule has 4 heterocycles. The number of allylic oxidation sites excluding steroid dienone is 2. The van der Waals surface area contributed by atoms with E-state index in [-0.39, 0.29) is 12.0 Å². The fraction of sp³-hybridized carbons (Fsp3) is 0.0392. The molecule has 11 aromatic rings. The average Bonchev–Trinajstić information content (AvgIpc) is 3.93. The molecule has 266 valence electrons. The summed E-state index contributed by atoms with van der Waals surface area (Å²) in [5.41, 5.74) is 5.12. The summed E-state index contributed by atoms with van der Waals surface area (Å²) in [7, 11) is 0. The topological polar surface area (TPSA) is 52.8 Å². The van der Waals surface area contributed by atoms with Gasteiger partial charge in [0, 0.05) is 59.6 Å². The predicted octanol–water partition coefficient (Wildman–Crippen LogP) is 13.1. The standard InChI is InChI=1S/C51H30N4OS/c1-2-12-29(13-3-1)49-52-50(30-22-23-35-33-16-5-4-14-31(33)32-15-6-7-17-34(32)38(35)24-30)54-51(53-49)55-43-26-42-37-19-9-11-21-47(37)57-48(42)27-40(43)39-25-41-36-18-8-10-20-45(36)56-46(41)28-44(39)55/h1-28,36,45H. The third-order valence-corrected chi connectivity index (χ3v) is 13.1. The van der Waals surface area contributed by atoms with Crippen molar-refractivity contribution >= 4 is 85.6 Å². The Bertz CT molecular complexity index is 3540. The van der Waals surface area contributed by atoms with Crippen molar-refractivity contribution in [3.8, 4) is 34.5 Å². The molecule has 2 atom stereocenters. The molecule has 0 saturated heterocycles. The van der Waals surface area contributed by atoms with Crippen molar-refractivity contribution in [2.45, 2.75) is 12.0 Å². The number of hydrogen-bond acceptors (Lipinski definition) is 5. The van der Waals surface area contributed by atoms with Crippen LogP contribution in [0.4, 0.5) is 0 Å². The molecule has 1 aliphatic heterocycles. The molecule has 57 heavy (non-hydrogen) atoms. The maximum absolute atomic E-state index is 6.62. The Labute approximate surface area is 330 Å². The lowest BCUT2D eigenvalue weighted by molar-refractivity contribution is 0.269. The van der Waals surface area contributed by atoms with Crippen LogP contribution in [0, 0.1) is 0 Å². The first-order valence-corrected chi connectivity index (χ1v) is 20.2. The molecule has 2 unspecified atom stereocenters. The summed E-state index contributed by atoms with van der Waals surface area (Å²) in [6.45, 7) is 0. The number of nitrogens with zero attached hydrogens (tertiary/aromatic N) is 4. The van der Waals surface area contributed by atoms with Gasteiger partial charge in [-0.2, -0.15) is 9.97 Å². The van der Waals surface area contributed by atoms with Crippen molar-refractivity contribution in [3.63, 3.8) is 0 Å². The maximum Gasteiger partial charge on any atom is 0.238 e. The first kappa shape index (κ1) is 31.1. The molecule has 1 aliphatic carbocycles. The van der Waals surface area contributed by atoms with E-state index in [1.807, 2.05) is 29.5 Å². The number of ether oxygens (including phenoxy) is 1. The summed E-state index contributed by atoms with van der Waals surface area (Å²) in [6.07, 6.45) is 8.60. The van der Waals surface area contributed by atoms with E-state index in [9.17, 15) is 0 Å². The van der Waals surface area contributed by atoms with Crippen molar-refractivity contribution in [1.29, 1.82) is 0 Å². The van der Waals surface area contributed by atoms with Gasteiger partial charge in [0.2, 0.25) is 5.95 Å². The monoisotopic (exact) mass is 746 g/mol. The van der Waals surface area contributed by atoms with Crippen molar-refractivity contribution in [3.05, 3.63) is 175 Å². The van der Waals surface area contributed by atoms with Crippen molar-refractivity contribution < 1.29 is 4.74 Å². The SMILES string of the molecule is C1=CC2Oc3cc4c(cc3C2C=C1)c1cc2sc3ccccc3c2cc1n4-c1nc(-c2ccccc2)nc(-c2ccc3c4ccccc4c4ccccc4c3c2)n1. The van der Waals surface area contributed by atoms with Gasteiger partial charge >= 0.3 is 0 Å².